The monoisotopic (exact) mass is 487 g/mol. The first kappa shape index (κ1) is 21.7. The summed E-state index contributed by atoms with van der Waals surface area (Å²) in [6.45, 7) is 0.283. The summed E-state index contributed by atoms with van der Waals surface area (Å²) >= 11 is 12.3. The van der Waals surface area contributed by atoms with Crippen LogP contribution in [-0.2, 0) is 18.4 Å². The molecule has 1 aromatic carbocycles. The molecule has 3 aromatic heterocycles. The zero-order chi connectivity index (χ0) is 23.3. The number of rotatable bonds is 4. The van der Waals surface area contributed by atoms with Crippen molar-refractivity contribution in [2.24, 2.45) is 7.05 Å². The van der Waals surface area contributed by atoms with E-state index in [1.807, 2.05) is 24.0 Å². The van der Waals surface area contributed by atoms with Crippen LogP contribution in [0.5, 0.6) is 0 Å². The number of carbonyl (C=O) groups excluding carboxylic acids is 1. The topological polar surface area (TPSA) is 65.1 Å². The highest BCUT2D eigenvalue weighted by molar-refractivity contribution is 6.42. The van der Waals surface area contributed by atoms with E-state index in [1.54, 1.807) is 41.3 Å². The van der Waals surface area contributed by atoms with Crippen LogP contribution in [-0.4, -0.2) is 49.0 Å². The molecule has 0 aliphatic carbocycles. The predicted octanol–water partition coefficient (Wildman–Crippen LogP) is 4.07. The molecule has 5 rings (SSSR count). The SMILES string of the molecule is Cn1cc(-n2cc(-c3ccc(Cl)c(Cl)c3)c3c(=O)n(CC(=O)N4CCC(F)C4)ccc32)cn1. The minimum atomic E-state index is -1.01. The van der Waals surface area contributed by atoms with Crippen LogP contribution in [0.15, 0.2) is 53.8 Å². The Kier molecular flexibility index (Phi) is 5.50. The fourth-order valence-corrected chi connectivity index (χ4v) is 4.52. The molecule has 1 fully saturated rings. The molecule has 0 bridgehead atoms. The van der Waals surface area contributed by atoms with Crippen LogP contribution in [0, 0.1) is 0 Å². The molecule has 0 spiro atoms. The first-order valence-electron chi connectivity index (χ1n) is 10.4. The maximum absolute atomic E-state index is 13.6. The van der Waals surface area contributed by atoms with Crippen molar-refractivity contribution in [1.29, 1.82) is 0 Å². The molecule has 4 aromatic rings. The first-order chi connectivity index (χ1) is 15.8. The van der Waals surface area contributed by atoms with Crippen molar-refractivity contribution in [2.45, 2.75) is 19.1 Å². The molecule has 33 heavy (non-hydrogen) atoms. The van der Waals surface area contributed by atoms with Gasteiger partial charge in [0.2, 0.25) is 5.91 Å². The number of alkyl halides is 1. The Morgan fingerprint density at radius 2 is 2.03 bits per heavy atom. The number of halogens is 3. The number of aryl methyl sites for hydroxylation is 1. The van der Waals surface area contributed by atoms with Crippen LogP contribution >= 0.6 is 23.2 Å². The molecule has 1 aliphatic heterocycles. The van der Waals surface area contributed by atoms with Gasteiger partial charge in [-0.05, 0) is 30.2 Å². The summed E-state index contributed by atoms with van der Waals surface area (Å²) < 4.78 is 18.5. The zero-order valence-electron chi connectivity index (χ0n) is 17.7. The highest BCUT2D eigenvalue weighted by Gasteiger charge is 2.26. The molecule has 170 valence electrons. The van der Waals surface area contributed by atoms with E-state index in [4.69, 9.17) is 23.2 Å². The number of nitrogens with zero attached hydrogens (tertiary/aromatic N) is 5. The fourth-order valence-electron chi connectivity index (χ4n) is 4.23. The number of fused-ring (bicyclic) bond motifs is 1. The van der Waals surface area contributed by atoms with Crippen LogP contribution < -0.4 is 5.56 Å². The summed E-state index contributed by atoms with van der Waals surface area (Å²) in [5.41, 5.74) is 2.51. The third-order valence-electron chi connectivity index (χ3n) is 5.92. The van der Waals surface area contributed by atoms with Gasteiger partial charge in [-0.3, -0.25) is 14.3 Å². The van der Waals surface area contributed by atoms with E-state index in [0.29, 0.717) is 39.5 Å². The van der Waals surface area contributed by atoms with Crippen molar-refractivity contribution in [3.8, 4) is 16.8 Å². The molecule has 7 nitrogen and oxygen atoms in total. The lowest BCUT2D eigenvalue weighted by Gasteiger charge is -2.16. The molecule has 1 unspecified atom stereocenters. The number of hydrogen-bond donors (Lipinski definition) is 0. The number of likely N-dealkylation sites (tertiary alicyclic amines) is 1. The van der Waals surface area contributed by atoms with Crippen molar-refractivity contribution in [3.63, 3.8) is 0 Å². The molecule has 0 N–H and O–H groups in total. The van der Waals surface area contributed by atoms with Crippen molar-refractivity contribution in [3.05, 3.63) is 69.5 Å². The van der Waals surface area contributed by atoms with Crippen LogP contribution in [0.2, 0.25) is 10.0 Å². The molecule has 0 saturated carbocycles. The maximum atomic E-state index is 13.6. The second-order valence-electron chi connectivity index (χ2n) is 8.15. The lowest BCUT2D eigenvalue weighted by atomic mass is 10.1. The van der Waals surface area contributed by atoms with Gasteiger partial charge in [-0.25, -0.2) is 4.39 Å². The quantitative estimate of drug-likeness (QED) is 0.435. The van der Waals surface area contributed by atoms with Crippen molar-refractivity contribution in [2.75, 3.05) is 13.1 Å². The first-order valence-corrected chi connectivity index (χ1v) is 11.2. The van der Waals surface area contributed by atoms with E-state index < -0.39 is 6.17 Å². The van der Waals surface area contributed by atoms with Gasteiger partial charge in [0.05, 0.1) is 39.4 Å². The number of hydrogen-bond acceptors (Lipinski definition) is 3. The summed E-state index contributed by atoms with van der Waals surface area (Å²) in [5, 5.41) is 5.46. The normalized spacial score (nSPS) is 16.1. The molecule has 1 atom stereocenters. The van der Waals surface area contributed by atoms with Gasteiger partial charge in [-0.15, -0.1) is 0 Å². The average Bonchev–Trinajstić information content (AvgIpc) is 3.50. The minimum Gasteiger partial charge on any atom is -0.338 e. The maximum Gasteiger partial charge on any atom is 0.261 e. The van der Waals surface area contributed by atoms with E-state index >= 15 is 0 Å². The predicted molar refractivity (Wildman–Crippen MR) is 126 cm³/mol. The van der Waals surface area contributed by atoms with Crippen molar-refractivity contribution < 1.29 is 9.18 Å². The van der Waals surface area contributed by atoms with Crippen LogP contribution in [0.4, 0.5) is 4.39 Å². The number of pyridine rings is 1. The van der Waals surface area contributed by atoms with Crippen LogP contribution in [0.25, 0.3) is 27.7 Å². The van der Waals surface area contributed by atoms with E-state index in [-0.39, 0.29) is 24.6 Å². The highest BCUT2D eigenvalue weighted by Crippen LogP contribution is 2.34. The van der Waals surface area contributed by atoms with Gasteiger partial charge < -0.3 is 14.0 Å². The van der Waals surface area contributed by atoms with E-state index in [2.05, 4.69) is 5.10 Å². The lowest BCUT2D eigenvalue weighted by molar-refractivity contribution is -0.131. The molecule has 10 heteroatoms. The summed E-state index contributed by atoms with van der Waals surface area (Å²) in [6, 6.07) is 6.97. The summed E-state index contributed by atoms with van der Waals surface area (Å²) in [5.74, 6) is -0.278. The van der Waals surface area contributed by atoms with Crippen molar-refractivity contribution >= 4 is 40.0 Å². The van der Waals surface area contributed by atoms with Gasteiger partial charge in [-0.2, -0.15) is 5.10 Å². The van der Waals surface area contributed by atoms with E-state index in [1.165, 1.54) is 9.47 Å². The van der Waals surface area contributed by atoms with Crippen LogP contribution in [0.3, 0.4) is 0 Å². The highest BCUT2D eigenvalue weighted by atomic mass is 35.5. The Morgan fingerprint density at radius 3 is 2.70 bits per heavy atom. The Labute approximate surface area is 198 Å². The van der Waals surface area contributed by atoms with Gasteiger partial charge >= 0.3 is 0 Å². The number of benzene rings is 1. The number of carbonyl (C=O) groups is 1. The largest absolute Gasteiger partial charge is 0.338 e. The van der Waals surface area contributed by atoms with Gasteiger partial charge in [0.15, 0.2) is 0 Å². The zero-order valence-corrected chi connectivity index (χ0v) is 19.2. The number of amides is 1. The fraction of sp³-hybridized carbons (Fsp3) is 0.261. The Hall–Kier alpha value is -3.10. The molecule has 4 heterocycles. The van der Waals surface area contributed by atoms with Gasteiger partial charge in [0, 0.05) is 37.7 Å². The molecule has 1 aliphatic rings. The Morgan fingerprint density at radius 1 is 1.21 bits per heavy atom. The van der Waals surface area contributed by atoms with Gasteiger partial charge in [0.1, 0.15) is 12.7 Å². The molecular formula is C23H20Cl2FN5O2. The third-order valence-corrected chi connectivity index (χ3v) is 6.66. The summed E-state index contributed by atoms with van der Waals surface area (Å²) in [4.78, 5) is 27.7. The van der Waals surface area contributed by atoms with Gasteiger partial charge in [-0.1, -0.05) is 29.3 Å². The summed E-state index contributed by atoms with van der Waals surface area (Å²) in [7, 11) is 1.81. The molecule has 0 radical (unpaired) electrons. The second kappa shape index (κ2) is 8.35. The van der Waals surface area contributed by atoms with Gasteiger partial charge in [0.25, 0.3) is 5.56 Å². The average molecular weight is 488 g/mol. The summed E-state index contributed by atoms with van der Waals surface area (Å²) in [6.07, 6.45) is 6.31. The third kappa shape index (κ3) is 3.94. The Balaban J connectivity index is 1.65. The number of aromatic nitrogens is 4. The lowest BCUT2D eigenvalue weighted by Crippen LogP contribution is -2.35. The Bertz CT molecular complexity index is 1440. The molecular weight excluding hydrogens is 468 g/mol. The molecule has 1 saturated heterocycles. The van der Waals surface area contributed by atoms with E-state index in [9.17, 15) is 14.0 Å². The standard InChI is InChI=1S/C23H20Cl2FN5O2/c1-28-11-16(9-27-28)31-12-17(14-2-3-18(24)19(25)8-14)22-20(31)5-7-30(23(22)33)13-21(32)29-6-4-15(26)10-29/h2-3,5,7-9,11-12,15H,4,6,10,13H2,1H3. The molecule has 1 amide bonds. The minimum absolute atomic E-state index is 0.0712. The second-order valence-corrected chi connectivity index (χ2v) is 8.96. The van der Waals surface area contributed by atoms with Crippen molar-refractivity contribution in [1.82, 2.24) is 23.8 Å². The smallest absolute Gasteiger partial charge is 0.261 e. The van der Waals surface area contributed by atoms with Crippen LogP contribution in [0.1, 0.15) is 6.42 Å². The van der Waals surface area contributed by atoms with E-state index in [0.717, 1.165) is 11.3 Å².